The Hall–Kier alpha value is -0.100. The zero-order chi connectivity index (χ0) is 5.86. The van der Waals surface area contributed by atoms with E-state index in [-0.39, 0.29) is 5.91 Å². The maximum absolute atomic E-state index is 10.2. The van der Waals surface area contributed by atoms with Gasteiger partial charge in [0.25, 0.3) is 5.91 Å². The lowest BCUT2D eigenvalue weighted by molar-refractivity contribution is -0.116. The van der Waals surface area contributed by atoms with Crippen molar-refractivity contribution in [1.82, 2.24) is 5.43 Å². The number of amides is 1. The van der Waals surface area contributed by atoms with E-state index in [1.807, 2.05) is 5.43 Å². The molecule has 0 aliphatic carbocycles. The molecule has 0 unspecified atom stereocenters. The van der Waals surface area contributed by atoms with Crippen molar-refractivity contribution in [2.75, 3.05) is 0 Å². The second kappa shape index (κ2) is 2.98. The lowest BCUT2D eigenvalue weighted by atomic mass is 10.6. The van der Waals surface area contributed by atoms with E-state index in [0.29, 0.717) is 3.58 Å². The summed E-state index contributed by atoms with van der Waals surface area (Å²) >= 11 is 1.78. The predicted molar refractivity (Wildman–Crippen MR) is 35.5 cm³/mol. The van der Waals surface area contributed by atoms with E-state index in [1.165, 1.54) is 0 Å². The van der Waals surface area contributed by atoms with Crippen LogP contribution in [0.3, 0.4) is 0 Å². The average molecular weight is 212 g/mol. The van der Waals surface area contributed by atoms with Gasteiger partial charge in [0, 0.05) is 0 Å². The molecule has 0 aromatic carbocycles. The van der Waals surface area contributed by atoms with E-state index in [2.05, 4.69) is 6.58 Å². The summed E-state index contributed by atoms with van der Waals surface area (Å²) in [6, 6.07) is 0. The van der Waals surface area contributed by atoms with Crippen LogP contribution in [0, 0.1) is 0 Å². The summed E-state index contributed by atoms with van der Waals surface area (Å²) in [6.07, 6.45) is 0. The van der Waals surface area contributed by atoms with Crippen LogP contribution in [0.25, 0.3) is 0 Å². The van der Waals surface area contributed by atoms with Gasteiger partial charge in [-0.05, 0) is 22.6 Å². The van der Waals surface area contributed by atoms with Crippen LogP contribution in [-0.2, 0) is 4.79 Å². The highest BCUT2D eigenvalue weighted by Crippen LogP contribution is 1.98. The number of hydrogen-bond donors (Lipinski definition) is 2. The quantitative estimate of drug-likeness (QED) is 0.210. The highest BCUT2D eigenvalue weighted by molar-refractivity contribution is 14.1. The van der Waals surface area contributed by atoms with Gasteiger partial charge in [0.05, 0.1) is 3.58 Å². The van der Waals surface area contributed by atoms with Crippen LogP contribution in [0.15, 0.2) is 10.2 Å². The summed E-state index contributed by atoms with van der Waals surface area (Å²) in [7, 11) is 0. The lowest BCUT2D eigenvalue weighted by Crippen LogP contribution is -2.29. The molecule has 0 aliphatic heterocycles. The second-order valence-electron chi connectivity index (χ2n) is 0.878. The van der Waals surface area contributed by atoms with Crippen LogP contribution >= 0.6 is 22.6 Å². The normalized spacial score (nSPS) is 7.71. The molecule has 0 saturated carbocycles. The zero-order valence-corrected chi connectivity index (χ0v) is 5.73. The number of halogens is 1. The SMILES string of the molecule is C=C(I)C(=O)NN. The highest BCUT2D eigenvalue weighted by atomic mass is 127. The van der Waals surface area contributed by atoms with Crippen LogP contribution in [0.5, 0.6) is 0 Å². The van der Waals surface area contributed by atoms with Gasteiger partial charge in [-0.1, -0.05) is 6.58 Å². The maximum Gasteiger partial charge on any atom is 0.270 e. The van der Waals surface area contributed by atoms with Crippen LogP contribution in [0.1, 0.15) is 0 Å². The van der Waals surface area contributed by atoms with Crippen LogP contribution in [-0.4, -0.2) is 5.91 Å². The number of rotatable bonds is 1. The Kier molecular flexibility index (Phi) is 2.93. The molecule has 0 spiro atoms. The first-order valence-electron chi connectivity index (χ1n) is 1.54. The van der Waals surface area contributed by atoms with Crippen LogP contribution < -0.4 is 11.3 Å². The van der Waals surface area contributed by atoms with Crippen molar-refractivity contribution >= 4 is 28.5 Å². The molecule has 1 amide bonds. The number of nitrogens with one attached hydrogen (secondary N) is 1. The molecule has 0 aromatic heterocycles. The molecular formula is C3H5IN2O. The smallest absolute Gasteiger partial charge is 0.270 e. The van der Waals surface area contributed by atoms with Crippen molar-refractivity contribution in [3.63, 3.8) is 0 Å². The fourth-order valence-electron chi connectivity index (χ4n) is 0.0783. The summed E-state index contributed by atoms with van der Waals surface area (Å²) < 4.78 is 0.389. The van der Waals surface area contributed by atoms with E-state index >= 15 is 0 Å². The Morgan fingerprint density at radius 3 is 2.29 bits per heavy atom. The Bertz CT molecular complexity index is 101. The Balaban J connectivity index is 3.58. The summed E-state index contributed by atoms with van der Waals surface area (Å²) in [5, 5.41) is 0. The average Bonchev–Trinajstić information content (AvgIpc) is 1.65. The van der Waals surface area contributed by atoms with Gasteiger partial charge in [0.2, 0.25) is 0 Å². The Morgan fingerprint density at radius 1 is 1.86 bits per heavy atom. The molecule has 0 aromatic rings. The molecule has 3 nitrogen and oxygen atoms in total. The molecular weight excluding hydrogens is 207 g/mol. The van der Waals surface area contributed by atoms with Gasteiger partial charge in [-0.2, -0.15) is 0 Å². The second-order valence-corrected chi connectivity index (χ2v) is 2.18. The summed E-state index contributed by atoms with van der Waals surface area (Å²) in [5.74, 6) is 4.38. The number of carbonyl (C=O) groups excluding carboxylic acids is 1. The first-order valence-corrected chi connectivity index (χ1v) is 2.61. The molecule has 4 heteroatoms. The number of nitrogens with two attached hydrogens (primary N) is 1. The van der Waals surface area contributed by atoms with E-state index in [0.717, 1.165) is 0 Å². The minimum atomic E-state index is -0.333. The van der Waals surface area contributed by atoms with E-state index in [9.17, 15) is 4.79 Å². The topological polar surface area (TPSA) is 55.1 Å². The Morgan fingerprint density at radius 2 is 2.29 bits per heavy atom. The third-order valence-corrected chi connectivity index (χ3v) is 0.867. The summed E-state index contributed by atoms with van der Waals surface area (Å²) in [6.45, 7) is 3.32. The fraction of sp³-hybridized carbons (Fsp3) is 0. The van der Waals surface area contributed by atoms with Crippen molar-refractivity contribution in [2.45, 2.75) is 0 Å². The molecule has 0 fully saturated rings. The van der Waals surface area contributed by atoms with Gasteiger partial charge < -0.3 is 0 Å². The third kappa shape index (κ3) is 2.58. The molecule has 0 aliphatic rings. The molecule has 0 atom stereocenters. The van der Waals surface area contributed by atoms with Crippen LogP contribution in [0.4, 0.5) is 0 Å². The van der Waals surface area contributed by atoms with Gasteiger partial charge in [0.1, 0.15) is 0 Å². The molecule has 0 heterocycles. The van der Waals surface area contributed by atoms with Crippen LogP contribution in [0.2, 0.25) is 0 Å². The standard InChI is InChI=1S/C3H5IN2O/c1-2(4)3(7)6-5/h1,5H2,(H,6,7). The van der Waals surface area contributed by atoms with Crippen molar-refractivity contribution in [3.05, 3.63) is 10.2 Å². The first kappa shape index (κ1) is 6.90. The molecule has 7 heavy (non-hydrogen) atoms. The molecule has 0 radical (unpaired) electrons. The van der Waals surface area contributed by atoms with E-state index in [1.54, 1.807) is 22.6 Å². The Labute approximate surface area is 55.1 Å². The fourth-order valence-corrected chi connectivity index (χ4v) is 0.234. The van der Waals surface area contributed by atoms with Crippen molar-refractivity contribution in [2.24, 2.45) is 5.84 Å². The lowest BCUT2D eigenvalue weighted by Gasteiger charge is -1.90. The molecule has 0 bridgehead atoms. The third-order valence-electron chi connectivity index (χ3n) is 0.377. The van der Waals surface area contributed by atoms with Crippen molar-refractivity contribution in [3.8, 4) is 0 Å². The molecule has 40 valence electrons. The summed E-state index contributed by atoms with van der Waals surface area (Å²) in [5.41, 5.74) is 1.92. The highest BCUT2D eigenvalue weighted by Gasteiger charge is 1.95. The minimum absolute atomic E-state index is 0.333. The molecule has 3 N–H and O–H groups in total. The number of hydrazine groups is 1. The van der Waals surface area contributed by atoms with Gasteiger partial charge in [-0.15, -0.1) is 0 Å². The number of hydrogen-bond acceptors (Lipinski definition) is 2. The van der Waals surface area contributed by atoms with E-state index < -0.39 is 0 Å². The van der Waals surface area contributed by atoms with Gasteiger partial charge in [0.15, 0.2) is 0 Å². The maximum atomic E-state index is 10.2. The van der Waals surface area contributed by atoms with E-state index in [4.69, 9.17) is 5.84 Å². The molecule has 0 saturated heterocycles. The van der Waals surface area contributed by atoms with Crippen molar-refractivity contribution < 1.29 is 4.79 Å². The number of carbonyl (C=O) groups is 1. The van der Waals surface area contributed by atoms with Crippen molar-refractivity contribution in [1.29, 1.82) is 0 Å². The molecule has 0 rings (SSSR count). The monoisotopic (exact) mass is 212 g/mol. The first-order chi connectivity index (χ1) is 3.18. The predicted octanol–water partition coefficient (Wildman–Crippen LogP) is -0.0750. The largest absolute Gasteiger partial charge is 0.290 e. The summed E-state index contributed by atoms with van der Waals surface area (Å²) in [4.78, 5) is 10.2. The van der Waals surface area contributed by atoms with Gasteiger partial charge >= 0.3 is 0 Å². The minimum Gasteiger partial charge on any atom is -0.290 e. The zero-order valence-electron chi connectivity index (χ0n) is 3.57. The van der Waals surface area contributed by atoms with Gasteiger partial charge in [-0.25, -0.2) is 5.84 Å². The van der Waals surface area contributed by atoms with Gasteiger partial charge in [-0.3, -0.25) is 10.2 Å².